The van der Waals surface area contributed by atoms with Crippen molar-refractivity contribution in [2.24, 2.45) is 0 Å². The van der Waals surface area contributed by atoms with E-state index >= 15 is 0 Å². The lowest BCUT2D eigenvalue weighted by atomic mass is 10.1. The molecule has 2 heterocycles. The number of aromatic nitrogens is 4. The van der Waals surface area contributed by atoms with Crippen LogP contribution in [0.2, 0.25) is 5.02 Å². The van der Waals surface area contributed by atoms with Crippen molar-refractivity contribution in [3.05, 3.63) is 70.9 Å². The highest BCUT2D eigenvalue weighted by Crippen LogP contribution is 2.23. The second kappa shape index (κ2) is 7.84. The van der Waals surface area contributed by atoms with Crippen molar-refractivity contribution in [2.75, 3.05) is 4.90 Å². The Bertz CT molecular complexity index is 1090. The first-order chi connectivity index (χ1) is 14.0. The molecular formula is C20H17ClN6O2. The minimum Gasteiger partial charge on any atom is -0.376 e. The lowest BCUT2D eigenvalue weighted by molar-refractivity contribution is -0.120. The van der Waals surface area contributed by atoms with E-state index in [1.807, 2.05) is 31.2 Å². The predicted octanol–water partition coefficient (Wildman–Crippen LogP) is 2.56. The zero-order valence-corrected chi connectivity index (χ0v) is 16.3. The Morgan fingerprint density at radius 1 is 1.03 bits per heavy atom. The van der Waals surface area contributed by atoms with Crippen LogP contribution in [-0.2, 0) is 22.7 Å². The number of nitrogens with zero attached hydrogens (tertiary/aromatic N) is 5. The van der Waals surface area contributed by atoms with Gasteiger partial charge in [-0.15, -0.1) is 10.2 Å². The van der Waals surface area contributed by atoms with Crippen LogP contribution in [0.1, 0.15) is 12.5 Å². The maximum absolute atomic E-state index is 12.6. The van der Waals surface area contributed by atoms with Gasteiger partial charge in [0.05, 0.1) is 12.2 Å². The number of carbonyl (C=O) groups excluding carboxylic acids is 2. The van der Waals surface area contributed by atoms with Gasteiger partial charge < -0.3 is 5.32 Å². The van der Waals surface area contributed by atoms with Crippen LogP contribution in [0, 0.1) is 0 Å². The summed E-state index contributed by atoms with van der Waals surface area (Å²) in [5.74, 6) is -0.223. The summed E-state index contributed by atoms with van der Waals surface area (Å²) in [6, 6.07) is 14.2. The van der Waals surface area contributed by atoms with E-state index in [0.717, 1.165) is 16.0 Å². The van der Waals surface area contributed by atoms with E-state index in [1.54, 1.807) is 24.3 Å². The summed E-state index contributed by atoms with van der Waals surface area (Å²) >= 11 is 5.87. The van der Waals surface area contributed by atoms with Crippen LogP contribution in [0.25, 0.3) is 11.4 Å². The van der Waals surface area contributed by atoms with E-state index in [4.69, 9.17) is 11.6 Å². The molecule has 1 aromatic heterocycles. The number of hydrogen-bond acceptors (Lipinski definition) is 6. The van der Waals surface area contributed by atoms with Crippen molar-refractivity contribution in [3.63, 3.8) is 0 Å². The van der Waals surface area contributed by atoms with Gasteiger partial charge in [0.1, 0.15) is 5.70 Å². The molecule has 0 unspecified atom stereocenters. The molecule has 0 radical (unpaired) electrons. The number of anilines is 1. The van der Waals surface area contributed by atoms with Crippen LogP contribution in [0.15, 0.2) is 60.3 Å². The van der Waals surface area contributed by atoms with Gasteiger partial charge in [0.2, 0.25) is 5.82 Å². The number of carbonyl (C=O) groups is 2. The van der Waals surface area contributed by atoms with E-state index in [2.05, 4.69) is 20.7 Å². The second-order valence-corrected chi connectivity index (χ2v) is 6.80. The van der Waals surface area contributed by atoms with Gasteiger partial charge in [-0.2, -0.15) is 4.80 Å². The third-order valence-corrected chi connectivity index (χ3v) is 4.69. The molecule has 4 rings (SSSR count). The fourth-order valence-electron chi connectivity index (χ4n) is 2.89. The van der Waals surface area contributed by atoms with Crippen molar-refractivity contribution in [2.45, 2.75) is 20.0 Å². The molecule has 1 aliphatic heterocycles. The van der Waals surface area contributed by atoms with Crippen molar-refractivity contribution < 1.29 is 9.59 Å². The fourth-order valence-corrected chi connectivity index (χ4v) is 3.02. The Balaban J connectivity index is 1.41. The smallest absolute Gasteiger partial charge is 0.281 e. The van der Waals surface area contributed by atoms with E-state index in [0.29, 0.717) is 29.6 Å². The van der Waals surface area contributed by atoms with Crippen LogP contribution in [-0.4, -0.2) is 32.0 Å². The Morgan fingerprint density at radius 3 is 2.41 bits per heavy atom. The van der Waals surface area contributed by atoms with E-state index in [-0.39, 0.29) is 11.6 Å². The molecule has 0 aliphatic carbocycles. The van der Waals surface area contributed by atoms with Crippen LogP contribution < -0.4 is 10.2 Å². The van der Waals surface area contributed by atoms with Gasteiger partial charge in [-0.25, -0.2) is 4.90 Å². The van der Waals surface area contributed by atoms with Gasteiger partial charge in [0.25, 0.3) is 11.8 Å². The summed E-state index contributed by atoms with van der Waals surface area (Å²) in [4.78, 5) is 27.5. The zero-order chi connectivity index (χ0) is 20.4. The average Bonchev–Trinajstić information content (AvgIpc) is 3.32. The number of nitrogens with one attached hydrogen (secondary N) is 1. The van der Waals surface area contributed by atoms with Crippen molar-refractivity contribution >= 4 is 29.1 Å². The number of amides is 2. The molecule has 3 aromatic rings. The molecule has 1 N–H and O–H groups in total. The molecular weight excluding hydrogens is 392 g/mol. The van der Waals surface area contributed by atoms with E-state index < -0.39 is 5.91 Å². The van der Waals surface area contributed by atoms with Crippen LogP contribution >= 0.6 is 11.6 Å². The molecule has 29 heavy (non-hydrogen) atoms. The van der Waals surface area contributed by atoms with Crippen molar-refractivity contribution in [3.8, 4) is 11.4 Å². The quantitative estimate of drug-likeness (QED) is 0.630. The Morgan fingerprint density at radius 2 is 1.76 bits per heavy atom. The molecule has 0 atom stereocenters. The molecule has 0 saturated carbocycles. The summed E-state index contributed by atoms with van der Waals surface area (Å²) in [5.41, 5.74) is 2.53. The molecule has 9 heteroatoms. The minimum atomic E-state index is -0.394. The minimum absolute atomic E-state index is 0.251. The molecule has 146 valence electrons. The topological polar surface area (TPSA) is 93.0 Å². The molecule has 2 aromatic carbocycles. The fraction of sp³-hybridized carbons (Fsp3) is 0.150. The SMILES string of the molecule is CCn1nnc(-c2ccc(CNC3=CC(=O)N(c4ccc(Cl)cc4)C3=O)cc2)n1. The van der Waals surface area contributed by atoms with Gasteiger partial charge in [-0.05, 0) is 42.0 Å². The highest BCUT2D eigenvalue weighted by molar-refractivity contribution is 6.32. The largest absolute Gasteiger partial charge is 0.376 e. The molecule has 1 aliphatic rings. The molecule has 0 fully saturated rings. The second-order valence-electron chi connectivity index (χ2n) is 6.37. The maximum atomic E-state index is 12.6. The Hall–Kier alpha value is -3.52. The lowest BCUT2D eigenvalue weighted by Gasteiger charge is -2.15. The number of hydrogen-bond donors (Lipinski definition) is 1. The first-order valence-electron chi connectivity index (χ1n) is 9.02. The van der Waals surface area contributed by atoms with Gasteiger partial charge >= 0.3 is 0 Å². The summed E-state index contributed by atoms with van der Waals surface area (Å²) in [7, 11) is 0. The van der Waals surface area contributed by atoms with Gasteiger partial charge in [0, 0.05) is 23.2 Å². The van der Waals surface area contributed by atoms with E-state index in [1.165, 1.54) is 10.9 Å². The molecule has 0 spiro atoms. The average molecular weight is 409 g/mol. The maximum Gasteiger partial charge on any atom is 0.281 e. The monoisotopic (exact) mass is 408 g/mol. The molecule has 0 saturated heterocycles. The first kappa shape index (κ1) is 18.8. The predicted molar refractivity (Wildman–Crippen MR) is 108 cm³/mol. The number of tetrazole rings is 1. The molecule has 8 nitrogen and oxygen atoms in total. The van der Waals surface area contributed by atoms with Gasteiger partial charge in [-0.1, -0.05) is 35.9 Å². The lowest BCUT2D eigenvalue weighted by Crippen LogP contribution is -2.33. The molecule has 2 amide bonds. The first-order valence-corrected chi connectivity index (χ1v) is 9.39. The number of benzene rings is 2. The number of halogens is 1. The third kappa shape index (κ3) is 3.88. The standard InChI is InChI=1S/C20H17ClN6O2/c1-2-26-24-19(23-25-26)14-5-3-13(4-6-14)12-22-17-11-18(28)27(20(17)29)16-9-7-15(21)8-10-16/h3-11,22H,2,12H2,1H3. The number of rotatable bonds is 6. The summed E-state index contributed by atoms with van der Waals surface area (Å²) in [6.45, 7) is 3.00. The van der Waals surface area contributed by atoms with Crippen LogP contribution in [0.4, 0.5) is 5.69 Å². The van der Waals surface area contributed by atoms with Gasteiger partial charge in [-0.3, -0.25) is 9.59 Å². The van der Waals surface area contributed by atoms with Crippen LogP contribution in [0.3, 0.4) is 0 Å². The normalized spacial score (nSPS) is 13.7. The highest BCUT2D eigenvalue weighted by Gasteiger charge is 2.32. The summed E-state index contributed by atoms with van der Waals surface area (Å²) in [5, 5.41) is 15.8. The van der Waals surface area contributed by atoms with Crippen molar-refractivity contribution in [1.29, 1.82) is 0 Å². The molecule has 0 bridgehead atoms. The summed E-state index contributed by atoms with van der Waals surface area (Å²) < 4.78 is 0. The third-order valence-electron chi connectivity index (χ3n) is 4.44. The van der Waals surface area contributed by atoms with E-state index in [9.17, 15) is 9.59 Å². The summed E-state index contributed by atoms with van der Waals surface area (Å²) in [6.07, 6.45) is 1.30. The van der Waals surface area contributed by atoms with Crippen LogP contribution in [0.5, 0.6) is 0 Å². The van der Waals surface area contributed by atoms with Crippen molar-refractivity contribution in [1.82, 2.24) is 25.5 Å². The Labute approximate surface area is 171 Å². The zero-order valence-electron chi connectivity index (χ0n) is 15.5. The Kier molecular flexibility index (Phi) is 5.09. The number of imide groups is 1. The van der Waals surface area contributed by atoms with Gasteiger partial charge in [0.15, 0.2) is 0 Å². The number of aryl methyl sites for hydroxylation is 1. The highest BCUT2D eigenvalue weighted by atomic mass is 35.5.